The Bertz CT molecular complexity index is 1110. The molecular weight excluding hydrogens is 466 g/mol. The maximum absolute atomic E-state index is 13.4. The van der Waals surface area contributed by atoms with Crippen LogP contribution >= 0.6 is 0 Å². The van der Waals surface area contributed by atoms with Crippen LogP contribution in [0.4, 0.5) is 0 Å². The minimum atomic E-state index is -0.650. The molecule has 6 rings (SSSR count). The number of likely N-dealkylation sites (tertiary alicyclic amines) is 1. The van der Waals surface area contributed by atoms with Crippen LogP contribution in [0.15, 0.2) is 48.5 Å². The lowest BCUT2D eigenvalue weighted by Gasteiger charge is -2.54. The van der Waals surface area contributed by atoms with E-state index in [4.69, 9.17) is 4.74 Å². The number of amides is 2. The van der Waals surface area contributed by atoms with Gasteiger partial charge in [-0.1, -0.05) is 42.5 Å². The van der Waals surface area contributed by atoms with Crippen LogP contribution in [0.3, 0.4) is 0 Å². The molecule has 7 nitrogen and oxygen atoms in total. The van der Waals surface area contributed by atoms with Gasteiger partial charge in [0.05, 0.1) is 6.10 Å². The second-order valence-corrected chi connectivity index (χ2v) is 11.4. The van der Waals surface area contributed by atoms with Gasteiger partial charge in [0, 0.05) is 24.2 Å². The molecule has 3 saturated carbocycles. The van der Waals surface area contributed by atoms with E-state index in [-0.39, 0.29) is 29.5 Å². The van der Waals surface area contributed by atoms with Gasteiger partial charge in [0.1, 0.15) is 11.8 Å². The smallest absolute Gasteiger partial charge is 0.258 e. The molecule has 2 bridgehead atoms. The van der Waals surface area contributed by atoms with Gasteiger partial charge in [0.25, 0.3) is 5.91 Å². The van der Waals surface area contributed by atoms with Gasteiger partial charge >= 0.3 is 0 Å². The van der Waals surface area contributed by atoms with Crippen LogP contribution in [0.5, 0.6) is 5.75 Å². The van der Waals surface area contributed by atoms with Crippen LogP contribution in [-0.2, 0) is 16.1 Å². The van der Waals surface area contributed by atoms with E-state index in [1.165, 1.54) is 0 Å². The maximum Gasteiger partial charge on any atom is 0.258 e. The highest BCUT2D eigenvalue weighted by atomic mass is 16.5. The van der Waals surface area contributed by atoms with Crippen molar-refractivity contribution in [1.29, 1.82) is 0 Å². The molecule has 0 radical (unpaired) electrons. The summed E-state index contributed by atoms with van der Waals surface area (Å²) >= 11 is 0. The van der Waals surface area contributed by atoms with Crippen molar-refractivity contribution in [2.24, 2.45) is 0 Å². The van der Waals surface area contributed by atoms with E-state index in [2.05, 4.69) is 27.7 Å². The van der Waals surface area contributed by atoms with Gasteiger partial charge in [-0.25, -0.2) is 0 Å². The highest BCUT2D eigenvalue weighted by Gasteiger charge is 2.51. The normalized spacial score (nSPS) is 29.2. The molecule has 1 saturated heterocycles. The molecule has 1 heterocycles. The number of nitrogens with one attached hydrogen (secondary N) is 2. The first-order valence-corrected chi connectivity index (χ1v) is 13.6. The van der Waals surface area contributed by atoms with E-state index in [0.29, 0.717) is 19.5 Å². The fourth-order valence-electron chi connectivity index (χ4n) is 6.41. The number of aryl methyl sites for hydroxylation is 2. The van der Waals surface area contributed by atoms with Crippen molar-refractivity contribution in [1.82, 2.24) is 15.5 Å². The van der Waals surface area contributed by atoms with Crippen LogP contribution in [0.25, 0.3) is 0 Å². The number of aliphatic hydroxyl groups is 1. The van der Waals surface area contributed by atoms with E-state index in [9.17, 15) is 14.7 Å². The molecule has 1 aliphatic heterocycles. The van der Waals surface area contributed by atoms with E-state index >= 15 is 0 Å². The summed E-state index contributed by atoms with van der Waals surface area (Å²) in [5, 5.41) is 17.3. The third-order valence-corrected chi connectivity index (χ3v) is 8.71. The second-order valence-electron chi connectivity index (χ2n) is 11.4. The molecule has 7 heteroatoms. The van der Waals surface area contributed by atoms with Gasteiger partial charge in [0.2, 0.25) is 5.91 Å². The van der Waals surface area contributed by atoms with E-state index < -0.39 is 12.1 Å². The first kappa shape index (κ1) is 25.7. The summed E-state index contributed by atoms with van der Waals surface area (Å²) in [4.78, 5) is 28.3. The zero-order valence-corrected chi connectivity index (χ0v) is 22.0. The Morgan fingerprint density at radius 2 is 1.62 bits per heavy atom. The lowest BCUT2D eigenvalue weighted by molar-refractivity contribution is -0.134. The molecule has 4 fully saturated rings. The van der Waals surface area contributed by atoms with E-state index in [1.807, 2.05) is 50.2 Å². The standard InChI is InChI=1S/C30H39N3O4/c1-21-8-9-22(2)25(18-21)37-20-26(35)31-29-11-14-30(15-12-29,16-13-29)32-28(36)27-24(34)10-17-33(27)19-23-6-4-3-5-7-23/h3-9,18,24,27,34H,10-17,19-20H2,1-2H3,(H,31,35)(H,32,36)/t24-,27-,29?,30?/m0/s1. The molecule has 0 spiro atoms. The topological polar surface area (TPSA) is 90.9 Å². The Balaban J connectivity index is 1.15. The number of benzene rings is 2. The van der Waals surface area contributed by atoms with Crippen LogP contribution < -0.4 is 15.4 Å². The lowest BCUT2D eigenvalue weighted by Crippen LogP contribution is -2.65. The lowest BCUT2D eigenvalue weighted by atomic mass is 9.61. The second kappa shape index (κ2) is 10.5. The maximum atomic E-state index is 13.4. The summed E-state index contributed by atoms with van der Waals surface area (Å²) in [5.41, 5.74) is 2.79. The number of nitrogens with zero attached hydrogens (tertiary/aromatic N) is 1. The van der Waals surface area contributed by atoms with E-state index in [0.717, 1.165) is 61.0 Å². The van der Waals surface area contributed by atoms with Crippen LogP contribution in [0.2, 0.25) is 0 Å². The van der Waals surface area contributed by atoms with Crippen LogP contribution in [0.1, 0.15) is 61.6 Å². The summed E-state index contributed by atoms with van der Waals surface area (Å²) < 4.78 is 5.82. The predicted octanol–water partition coefficient (Wildman–Crippen LogP) is 3.40. The van der Waals surface area contributed by atoms with Crippen molar-refractivity contribution in [2.75, 3.05) is 13.2 Å². The van der Waals surface area contributed by atoms with Crippen LogP contribution in [0, 0.1) is 13.8 Å². The molecule has 0 unspecified atom stereocenters. The molecule has 2 atom stereocenters. The van der Waals surface area contributed by atoms with Crippen molar-refractivity contribution in [3.63, 3.8) is 0 Å². The number of carbonyl (C=O) groups excluding carboxylic acids is 2. The minimum Gasteiger partial charge on any atom is -0.483 e. The van der Waals surface area contributed by atoms with Gasteiger partial charge < -0.3 is 20.5 Å². The Morgan fingerprint density at radius 1 is 0.973 bits per heavy atom. The molecule has 2 amide bonds. The summed E-state index contributed by atoms with van der Waals surface area (Å²) in [6.07, 6.45) is 4.96. The first-order valence-electron chi connectivity index (χ1n) is 13.6. The number of ether oxygens (including phenoxy) is 1. The third-order valence-electron chi connectivity index (χ3n) is 8.71. The van der Waals surface area contributed by atoms with Crippen molar-refractivity contribution in [2.45, 2.75) is 88.6 Å². The van der Waals surface area contributed by atoms with Crippen molar-refractivity contribution in [3.05, 3.63) is 65.2 Å². The highest BCUT2D eigenvalue weighted by molar-refractivity contribution is 5.83. The Kier molecular flexibility index (Phi) is 7.28. The molecule has 0 aromatic heterocycles. The fourth-order valence-corrected chi connectivity index (χ4v) is 6.41. The highest BCUT2D eigenvalue weighted by Crippen LogP contribution is 2.47. The molecule has 198 valence electrons. The molecule has 37 heavy (non-hydrogen) atoms. The Hall–Kier alpha value is -2.90. The quantitative estimate of drug-likeness (QED) is 0.512. The zero-order chi connectivity index (χ0) is 26.0. The Morgan fingerprint density at radius 3 is 2.30 bits per heavy atom. The van der Waals surface area contributed by atoms with Crippen molar-refractivity contribution >= 4 is 11.8 Å². The number of rotatable bonds is 8. The van der Waals surface area contributed by atoms with Crippen LogP contribution in [-0.4, -0.2) is 58.2 Å². The summed E-state index contributed by atoms with van der Waals surface area (Å²) in [5.74, 6) is 0.586. The predicted molar refractivity (Wildman–Crippen MR) is 142 cm³/mol. The summed E-state index contributed by atoms with van der Waals surface area (Å²) in [6.45, 7) is 5.36. The minimum absolute atomic E-state index is 0.00470. The van der Waals surface area contributed by atoms with Gasteiger partial charge in [-0.3, -0.25) is 14.5 Å². The number of hydrogen-bond acceptors (Lipinski definition) is 5. The molecule has 4 aliphatic rings. The molecule has 3 aliphatic carbocycles. The van der Waals surface area contributed by atoms with Crippen molar-refractivity contribution < 1.29 is 19.4 Å². The third kappa shape index (κ3) is 5.68. The molecule has 3 N–H and O–H groups in total. The van der Waals surface area contributed by atoms with Crippen molar-refractivity contribution in [3.8, 4) is 5.75 Å². The number of carbonyl (C=O) groups is 2. The Labute approximate surface area is 219 Å². The fraction of sp³-hybridized carbons (Fsp3) is 0.533. The van der Waals surface area contributed by atoms with Gasteiger partial charge in [-0.15, -0.1) is 0 Å². The SMILES string of the molecule is Cc1ccc(C)c(OCC(=O)NC23CCC(NC(=O)[C@@H]4[C@@H](O)CCN4Cc4ccccc4)(CC2)CC3)c1. The average Bonchev–Trinajstić information content (AvgIpc) is 3.26. The first-order chi connectivity index (χ1) is 17.8. The molecule has 2 aromatic carbocycles. The van der Waals surface area contributed by atoms with Gasteiger partial charge in [-0.05, 0) is 81.5 Å². The largest absolute Gasteiger partial charge is 0.483 e. The van der Waals surface area contributed by atoms with Gasteiger partial charge in [-0.2, -0.15) is 0 Å². The number of aliphatic hydroxyl groups excluding tert-OH is 1. The number of hydrogen-bond donors (Lipinski definition) is 3. The van der Waals surface area contributed by atoms with Gasteiger partial charge in [0.15, 0.2) is 6.61 Å². The monoisotopic (exact) mass is 505 g/mol. The summed E-state index contributed by atoms with van der Waals surface area (Å²) in [6, 6.07) is 15.6. The van der Waals surface area contributed by atoms with E-state index in [1.54, 1.807) is 0 Å². The average molecular weight is 506 g/mol. The molecule has 2 aromatic rings. The number of fused-ring (bicyclic) bond motifs is 3. The molecular formula is C30H39N3O4. The summed E-state index contributed by atoms with van der Waals surface area (Å²) in [7, 11) is 0. The zero-order valence-electron chi connectivity index (χ0n) is 22.0.